The minimum absolute atomic E-state index is 0. The van der Waals surface area contributed by atoms with E-state index >= 15 is 0 Å². The lowest BCUT2D eigenvalue weighted by Gasteiger charge is -2.28. The van der Waals surface area contributed by atoms with Crippen molar-refractivity contribution in [2.75, 3.05) is 14.2 Å². The van der Waals surface area contributed by atoms with E-state index in [1.165, 1.54) is 32.1 Å². The summed E-state index contributed by atoms with van der Waals surface area (Å²) in [7, 11) is 3.30. The van der Waals surface area contributed by atoms with Gasteiger partial charge in [-0.2, -0.15) is 0 Å². The number of ether oxygens (including phenoxy) is 2. The van der Waals surface area contributed by atoms with Crippen molar-refractivity contribution in [2.45, 2.75) is 38.1 Å². The van der Waals surface area contributed by atoms with Crippen LogP contribution in [-0.2, 0) is 0 Å². The number of rotatable bonds is 4. The zero-order valence-electron chi connectivity index (χ0n) is 12.0. The first-order valence-corrected chi connectivity index (χ1v) is 7.63. The molecule has 20 heavy (non-hydrogen) atoms. The van der Waals surface area contributed by atoms with Crippen LogP contribution in [0.25, 0.3) is 0 Å². The maximum atomic E-state index is 6.46. The predicted octanol–water partition coefficient (Wildman–Crippen LogP) is 4.47. The van der Waals surface area contributed by atoms with Crippen LogP contribution in [0.4, 0.5) is 0 Å². The fraction of sp³-hybridized carbons (Fsp3) is 0.600. The lowest BCUT2D eigenvalue weighted by Crippen LogP contribution is -2.24. The van der Waals surface area contributed by atoms with Crippen LogP contribution in [0, 0.1) is 5.92 Å². The highest BCUT2D eigenvalue weighted by molar-refractivity contribution is 9.10. The van der Waals surface area contributed by atoms with Gasteiger partial charge >= 0.3 is 0 Å². The number of nitrogens with two attached hydrogens (primary N) is 1. The maximum absolute atomic E-state index is 6.46. The quantitative estimate of drug-likeness (QED) is 0.857. The van der Waals surface area contributed by atoms with Gasteiger partial charge in [0.25, 0.3) is 0 Å². The largest absolute Gasteiger partial charge is 0.493 e. The van der Waals surface area contributed by atoms with Crippen LogP contribution in [-0.4, -0.2) is 14.2 Å². The molecule has 1 aliphatic rings. The van der Waals surface area contributed by atoms with E-state index < -0.39 is 0 Å². The van der Waals surface area contributed by atoms with Gasteiger partial charge in [0.2, 0.25) is 0 Å². The molecule has 0 heterocycles. The summed E-state index contributed by atoms with van der Waals surface area (Å²) >= 11 is 3.60. The van der Waals surface area contributed by atoms with E-state index in [-0.39, 0.29) is 18.4 Å². The van der Waals surface area contributed by atoms with Gasteiger partial charge in [-0.05, 0) is 36.5 Å². The summed E-state index contributed by atoms with van der Waals surface area (Å²) in [6.45, 7) is 0. The summed E-state index contributed by atoms with van der Waals surface area (Å²) in [5.41, 5.74) is 7.57. The predicted molar refractivity (Wildman–Crippen MR) is 88.0 cm³/mol. The Morgan fingerprint density at radius 2 is 1.65 bits per heavy atom. The third kappa shape index (κ3) is 3.80. The van der Waals surface area contributed by atoms with E-state index in [0.717, 1.165) is 21.5 Å². The molecular weight excluding hydrogens is 342 g/mol. The molecule has 0 unspecified atom stereocenters. The van der Waals surface area contributed by atoms with Crippen molar-refractivity contribution in [3.05, 3.63) is 22.2 Å². The molecule has 1 saturated carbocycles. The van der Waals surface area contributed by atoms with Gasteiger partial charge in [-0.3, -0.25) is 0 Å². The van der Waals surface area contributed by atoms with Gasteiger partial charge in [-0.1, -0.05) is 35.2 Å². The van der Waals surface area contributed by atoms with Gasteiger partial charge in [-0.15, -0.1) is 12.4 Å². The summed E-state index contributed by atoms with van der Waals surface area (Å²) in [6, 6.07) is 4.01. The zero-order chi connectivity index (χ0) is 13.8. The SMILES string of the molecule is COc1cc(Br)c([C@@H](N)C2CCCCC2)cc1OC.Cl. The van der Waals surface area contributed by atoms with Crippen LogP contribution < -0.4 is 15.2 Å². The van der Waals surface area contributed by atoms with E-state index in [1.54, 1.807) is 14.2 Å². The highest BCUT2D eigenvalue weighted by Gasteiger charge is 2.24. The lowest BCUT2D eigenvalue weighted by molar-refractivity contribution is 0.306. The van der Waals surface area contributed by atoms with Crippen LogP contribution >= 0.6 is 28.3 Å². The third-order valence-corrected chi connectivity index (χ3v) is 4.71. The van der Waals surface area contributed by atoms with E-state index in [4.69, 9.17) is 15.2 Å². The first-order chi connectivity index (χ1) is 9.17. The van der Waals surface area contributed by atoms with Crippen LogP contribution in [0.2, 0.25) is 0 Å². The Labute approximate surface area is 135 Å². The molecule has 0 bridgehead atoms. The summed E-state index contributed by atoms with van der Waals surface area (Å²) in [4.78, 5) is 0. The monoisotopic (exact) mass is 363 g/mol. The number of hydrogen-bond donors (Lipinski definition) is 1. The molecule has 3 nitrogen and oxygen atoms in total. The highest BCUT2D eigenvalue weighted by atomic mass is 79.9. The lowest BCUT2D eigenvalue weighted by atomic mass is 9.81. The van der Waals surface area contributed by atoms with Crippen molar-refractivity contribution in [1.82, 2.24) is 0 Å². The fourth-order valence-electron chi connectivity index (χ4n) is 2.87. The second kappa shape index (κ2) is 8.11. The third-order valence-electron chi connectivity index (χ3n) is 4.02. The maximum Gasteiger partial charge on any atom is 0.161 e. The van der Waals surface area contributed by atoms with Crippen LogP contribution in [0.5, 0.6) is 11.5 Å². The van der Waals surface area contributed by atoms with Gasteiger partial charge in [0, 0.05) is 10.5 Å². The molecule has 1 aromatic rings. The van der Waals surface area contributed by atoms with Crippen molar-refractivity contribution in [1.29, 1.82) is 0 Å². The molecule has 1 atom stereocenters. The second-order valence-corrected chi connectivity index (χ2v) is 6.01. The molecule has 0 saturated heterocycles. The average molecular weight is 365 g/mol. The first-order valence-electron chi connectivity index (χ1n) is 6.84. The Bertz CT molecular complexity index is 436. The van der Waals surface area contributed by atoms with E-state index in [1.807, 2.05) is 12.1 Å². The minimum Gasteiger partial charge on any atom is -0.493 e. The molecule has 5 heteroatoms. The molecule has 1 aliphatic carbocycles. The van der Waals surface area contributed by atoms with E-state index in [2.05, 4.69) is 15.9 Å². The van der Waals surface area contributed by atoms with Crippen molar-refractivity contribution in [3.8, 4) is 11.5 Å². The van der Waals surface area contributed by atoms with Gasteiger partial charge in [0.05, 0.1) is 14.2 Å². The Morgan fingerprint density at radius 1 is 1.10 bits per heavy atom. The highest BCUT2D eigenvalue weighted by Crippen LogP contribution is 2.40. The molecule has 0 aliphatic heterocycles. The molecule has 1 fully saturated rings. The smallest absolute Gasteiger partial charge is 0.161 e. The Balaban J connectivity index is 0.00000200. The van der Waals surface area contributed by atoms with Gasteiger partial charge < -0.3 is 15.2 Å². The van der Waals surface area contributed by atoms with Crippen molar-refractivity contribution >= 4 is 28.3 Å². The van der Waals surface area contributed by atoms with Gasteiger partial charge in [0.15, 0.2) is 11.5 Å². The number of methoxy groups -OCH3 is 2. The van der Waals surface area contributed by atoms with Crippen molar-refractivity contribution in [3.63, 3.8) is 0 Å². The van der Waals surface area contributed by atoms with Crippen molar-refractivity contribution < 1.29 is 9.47 Å². The summed E-state index contributed by atoms with van der Waals surface area (Å²) in [5, 5.41) is 0. The average Bonchev–Trinajstić information content (AvgIpc) is 2.47. The van der Waals surface area contributed by atoms with Crippen LogP contribution in [0.3, 0.4) is 0 Å². The molecule has 0 aromatic heterocycles. The molecule has 0 radical (unpaired) electrons. The van der Waals surface area contributed by atoms with Gasteiger partial charge in [-0.25, -0.2) is 0 Å². The molecule has 0 spiro atoms. The molecule has 2 N–H and O–H groups in total. The van der Waals surface area contributed by atoms with Gasteiger partial charge in [0.1, 0.15) is 0 Å². The van der Waals surface area contributed by atoms with Crippen LogP contribution in [0.15, 0.2) is 16.6 Å². The number of benzene rings is 1. The molecule has 2 rings (SSSR count). The molecule has 0 amide bonds. The Kier molecular flexibility index (Phi) is 7.13. The standard InChI is InChI=1S/C15H22BrNO2.ClH/c1-18-13-8-11(12(16)9-14(13)19-2)15(17)10-6-4-3-5-7-10;/h8-10,15H,3-7,17H2,1-2H3;1H/t15-;/m0./s1. The fourth-order valence-corrected chi connectivity index (χ4v) is 3.46. The topological polar surface area (TPSA) is 44.5 Å². The van der Waals surface area contributed by atoms with Crippen molar-refractivity contribution in [2.24, 2.45) is 11.7 Å². The Hall–Kier alpha value is -0.450. The second-order valence-electron chi connectivity index (χ2n) is 5.15. The van der Waals surface area contributed by atoms with E-state index in [9.17, 15) is 0 Å². The molecule has 1 aromatic carbocycles. The molecular formula is C15H23BrClNO2. The normalized spacial score (nSPS) is 17.2. The minimum atomic E-state index is 0. The van der Waals surface area contributed by atoms with E-state index in [0.29, 0.717) is 5.92 Å². The number of halogens is 2. The Morgan fingerprint density at radius 3 is 2.20 bits per heavy atom. The molecule has 114 valence electrons. The zero-order valence-corrected chi connectivity index (χ0v) is 14.4. The summed E-state index contributed by atoms with van der Waals surface area (Å²) in [5.74, 6) is 2.05. The first kappa shape index (κ1) is 17.6. The van der Waals surface area contributed by atoms with Crippen LogP contribution in [0.1, 0.15) is 43.7 Å². The summed E-state index contributed by atoms with van der Waals surface area (Å²) in [6.07, 6.45) is 6.38. The summed E-state index contributed by atoms with van der Waals surface area (Å²) < 4.78 is 11.7. The number of hydrogen-bond acceptors (Lipinski definition) is 3.